The number of aliphatic hydroxyl groups is 6. The lowest BCUT2D eigenvalue weighted by Crippen LogP contribution is -2.60. The van der Waals surface area contributed by atoms with Crippen LogP contribution in [0.3, 0.4) is 0 Å². The summed E-state index contributed by atoms with van der Waals surface area (Å²) in [6.45, 7) is -0.908. The van der Waals surface area contributed by atoms with Gasteiger partial charge in [0, 0.05) is 5.92 Å². The molecule has 3 aliphatic heterocycles. The van der Waals surface area contributed by atoms with Crippen LogP contribution in [0.5, 0.6) is 0 Å². The van der Waals surface area contributed by atoms with Crippen molar-refractivity contribution in [3.05, 3.63) is 12.3 Å². The van der Waals surface area contributed by atoms with Crippen LogP contribution in [0, 0.1) is 11.8 Å². The molecule has 0 bridgehead atoms. The van der Waals surface area contributed by atoms with Gasteiger partial charge < -0.3 is 49.6 Å². The fourth-order valence-electron chi connectivity index (χ4n) is 4.17. The van der Waals surface area contributed by atoms with Gasteiger partial charge in [-0.05, 0) is 6.08 Å². The maximum Gasteiger partial charge on any atom is 0.208 e. The van der Waals surface area contributed by atoms with Crippen molar-refractivity contribution in [1.29, 1.82) is 0 Å². The first kappa shape index (κ1) is 17.6. The number of fused-ring (bicyclic) bond motifs is 3. The van der Waals surface area contributed by atoms with Crippen LogP contribution in [-0.2, 0) is 18.9 Å². The summed E-state index contributed by atoms with van der Waals surface area (Å²) in [5, 5.41) is 59.0. The Morgan fingerprint density at radius 2 is 1.72 bits per heavy atom. The largest absolute Gasteiger partial charge is 0.472 e. The topological polar surface area (TPSA) is 162 Å². The average molecular weight is 362 g/mol. The summed E-state index contributed by atoms with van der Waals surface area (Å²) in [7, 11) is 0. The monoisotopic (exact) mass is 362 g/mol. The standard InChI is InChI=1S/C15H22O10/c16-3-6-9(19)10(20)11(21)14(23-6)24-13-7-5(1-2-22-13)8(18)12-15(7,4-17)25-12/h1-2,5-14,16-21H,3-4H2/t5-,6-,7+,8-,9-,10+,11-,12-,13-,14+,15+/m0/s1. The quantitative estimate of drug-likeness (QED) is 0.276. The van der Waals surface area contributed by atoms with Crippen molar-refractivity contribution in [2.24, 2.45) is 11.8 Å². The Balaban J connectivity index is 1.53. The molecule has 142 valence electrons. The molecule has 1 saturated carbocycles. The van der Waals surface area contributed by atoms with Gasteiger partial charge in [0.1, 0.15) is 36.1 Å². The van der Waals surface area contributed by atoms with E-state index in [4.69, 9.17) is 18.9 Å². The van der Waals surface area contributed by atoms with E-state index in [2.05, 4.69) is 0 Å². The highest BCUT2D eigenvalue weighted by Gasteiger charge is 2.75. The van der Waals surface area contributed by atoms with Gasteiger partial charge in [-0.3, -0.25) is 0 Å². The van der Waals surface area contributed by atoms with Gasteiger partial charge in [0.25, 0.3) is 0 Å². The molecule has 0 aromatic carbocycles. The fraction of sp³-hybridized carbons (Fsp3) is 0.867. The van der Waals surface area contributed by atoms with E-state index in [-0.39, 0.29) is 12.5 Å². The number of rotatable bonds is 4. The average Bonchev–Trinajstić information content (AvgIpc) is 3.31. The van der Waals surface area contributed by atoms with Crippen LogP contribution in [0.15, 0.2) is 12.3 Å². The first-order valence-corrected chi connectivity index (χ1v) is 8.19. The second-order valence-corrected chi connectivity index (χ2v) is 6.91. The van der Waals surface area contributed by atoms with Crippen LogP contribution >= 0.6 is 0 Å². The lowest BCUT2D eigenvalue weighted by atomic mass is 9.85. The Labute approximate surface area is 142 Å². The second-order valence-electron chi connectivity index (χ2n) is 6.91. The molecule has 6 N–H and O–H groups in total. The zero-order chi connectivity index (χ0) is 17.9. The number of epoxide rings is 1. The Kier molecular flexibility index (Phi) is 4.30. The zero-order valence-electron chi connectivity index (χ0n) is 13.2. The van der Waals surface area contributed by atoms with Crippen LogP contribution < -0.4 is 0 Å². The molecule has 0 spiro atoms. The van der Waals surface area contributed by atoms with Gasteiger partial charge in [0.2, 0.25) is 6.29 Å². The highest BCUT2D eigenvalue weighted by molar-refractivity contribution is 5.24. The minimum absolute atomic E-state index is 0.332. The SMILES string of the molecule is OC[C@@H]1O[C@H](O[C@@H]2OC=C[C@@H]3[C@H](O)[C@@H]4O[C@]4(CO)[C@@H]23)[C@@H](O)[C@H](O)[C@H]1O. The predicted octanol–water partition coefficient (Wildman–Crippen LogP) is -3.59. The first-order chi connectivity index (χ1) is 11.9. The molecule has 0 amide bonds. The molecule has 11 atom stereocenters. The van der Waals surface area contributed by atoms with Crippen LogP contribution in [0.25, 0.3) is 0 Å². The van der Waals surface area contributed by atoms with E-state index >= 15 is 0 Å². The molecule has 0 unspecified atom stereocenters. The van der Waals surface area contributed by atoms with Gasteiger partial charge in [-0.2, -0.15) is 0 Å². The molecule has 10 heteroatoms. The number of aliphatic hydroxyl groups excluding tert-OH is 6. The zero-order valence-corrected chi connectivity index (χ0v) is 13.2. The molecule has 2 saturated heterocycles. The van der Waals surface area contributed by atoms with Gasteiger partial charge in [0.05, 0.1) is 31.5 Å². The van der Waals surface area contributed by atoms with E-state index in [1.165, 1.54) is 6.26 Å². The highest BCUT2D eigenvalue weighted by atomic mass is 16.8. The molecular weight excluding hydrogens is 340 g/mol. The van der Waals surface area contributed by atoms with Crippen LogP contribution in [0.2, 0.25) is 0 Å². The van der Waals surface area contributed by atoms with Gasteiger partial charge in [0.15, 0.2) is 6.29 Å². The van der Waals surface area contributed by atoms with E-state index in [0.29, 0.717) is 0 Å². The predicted molar refractivity (Wildman–Crippen MR) is 76.5 cm³/mol. The maximum absolute atomic E-state index is 10.3. The van der Waals surface area contributed by atoms with Gasteiger partial charge in [-0.25, -0.2) is 0 Å². The second kappa shape index (κ2) is 6.12. The van der Waals surface area contributed by atoms with Crippen molar-refractivity contribution >= 4 is 0 Å². The number of hydrogen-bond acceptors (Lipinski definition) is 10. The van der Waals surface area contributed by atoms with E-state index in [9.17, 15) is 30.6 Å². The third-order valence-corrected chi connectivity index (χ3v) is 5.62. The molecule has 3 heterocycles. The minimum Gasteiger partial charge on any atom is -0.472 e. The third-order valence-electron chi connectivity index (χ3n) is 5.62. The van der Waals surface area contributed by atoms with Crippen molar-refractivity contribution in [3.8, 4) is 0 Å². The molecule has 4 aliphatic rings. The van der Waals surface area contributed by atoms with Crippen LogP contribution in [0.4, 0.5) is 0 Å². The number of ether oxygens (including phenoxy) is 4. The summed E-state index contributed by atoms with van der Waals surface area (Å²) in [5.41, 5.74) is -0.992. The summed E-state index contributed by atoms with van der Waals surface area (Å²) in [4.78, 5) is 0. The van der Waals surface area contributed by atoms with Crippen molar-refractivity contribution in [2.75, 3.05) is 13.2 Å². The Hall–Kier alpha value is -0.820. The van der Waals surface area contributed by atoms with Crippen LogP contribution in [-0.4, -0.2) is 98.7 Å². The molecule has 0 radical (unpaired) electrons. The van der Waals surface area contributed by atoms with Gasteiger partial charge >= 0.3 is 0 Å². The van der Waals surface area contributed by atoms with Crippen molar-refractivity contribution in [2.45, 2.75) is 54.8 Å². The van der Waals surface area contributed by atoms with Crippen LogP contribution in [0.1, 0.15) is 0 Å². The van der Waals surface area contributed by atoms with Crippen molar-refractivity contribution < 1.29 is 49.6 Å². The summed E-state index contributed by atoms with van der Waals surface area (Å²) < 4.78 is 21.9. The summed E-state index contributed by atoms with van der Waals surface area (Å²) >= 11 is 0. The lowest BCUT2D eigenvalue weighted by molar-refractivity contribution is -0.344. The third kappa shape index (κ3) is 2.45. The Morgan fingerprint density at radius 3 is 2.40 bits per heavy atom. The van der Waals surface area contributed by atoms with E-state index in [1.54, 1.807) is 6.08 Å². The summed E-state index contributed by atoms with van der Waals surface area (Å²) in [5.74, 6) is -0.913. The molecule has 0 aromatic rings. The molecule has 25 heavy (non-hydrogen) atoms. The highest BCUT2D eigenvalue weighted by Crippen LogP contribution is 2.59. The first-order valence-electron chi connectivity index (χ1n) is 8.19. The smallest absolute Gasteiger partial charge is 0.208 e. The Morgan fingerprint density at radius 1 is 0.960 bits per heavy atom. The van der Waals surface area contributed by atoms with E-state index in [0.717, 1.165) is 0 Å². The summed E-state index contributed by atoms with van der Waals surface area (Å²) in [6, 6.07) is 0. The Bertz CT molecular complexity index is 540. The maximum atomic E-state index is 10.3. The normalized spacial score (nSPS) is 56.9. The minimum atomic E-state index is -1.57. The molecular formula is C15H22O10. The number of hydrogen-bond donors (Lipinski definition) is 6. The van der Waals surface area contributed by atoms with Gasteiger partial charge in [-0.15, -0.1) is 0 Å². The molecule has 1 aliphatic carbocycles. The van der Waals surface area contributed by atoms with Gasteiger partial charge in [-0.1, -0.05) is 0 Å². The van der Waals surface area contributed by atoms with Crippen molar-refractivity contribution in [1.82, 2.24) is 0 Å². The molecule has 4 rings (SSSR count). The molecule has 0 aromatic heterocycles. The van der Waals surface area contributed by atoms with Crippen molar-refractivity contribution in [3.63, 3.8) is 0 Å². The lowest BCUT2D eigenvalue weighted by Gasteiger charge is -2.43. The summed E-state index contributed by atoms with van der Waals surface area (Å²) in [6.07, 6.45) is -6.47. The molecule has 10 nitrogen and oxygen atoms in total. The van der Waals surface area contributed by atoms with E-state index in [1.807, 2.05) is 0 Å². The van der Waals surface area contributed by atoms with E-state index < -0.39 is 67.3 Å². The molecule has 3 fully saturated rings. The fourth-order valence-corrected chi connectivity index (χ4v) is 4.17.